The maximum atomic E-state index is 12.9. The minimum Gasteiger partial charge on any atom is -0.449 e. The summed E-state index contributed by atoms with van der Waals surface area (Å²) in [6.07, 6.45) is 0.609. The Bertz CT molecular complexity index is 2700. The maximum Gasteiger partial charge on any atom is 0.410 e. The number of ether oxygens (including phenoxy) is 4. The van der Waals surface area contributed by atoms with Gasteiger partial charge in [-0.25, -0.2) is 39.1 Å². The number of piperazine rings is 2. The molecular formula is C52H63Cl3N12O8. The number of halogens is 3. The number of rotatable bonds is 8. The van der Waals surface area contributed by atoms with E-state index in [0.29, 0.717) is 76.6 Å². The van der Waals surface area contributed by atoms with Crippen molar-refractivity contribution in [1.29, 1.82) is 10.5 Å². The Kier molecular flexibility index (Phi) is 20.5. The molecule has 0 aliphatic carbocycles. The number of nitrogens with zero attached hydrogens (tertiary/aromatic N) is 11. The van der Waals surface area contributed by atoms with E-state index in [-0.39, 0.29) is 54.9 Å². The molecule has 23 heteroatoms. The van der Waals surface area contributed by atoms with Crippen LogP contribution in [0.15, 0.2) is 60.7 Å². The van der Waals surface area contributed by atoms with Crippen molar-refractivity contribution in [1.82, 2.24) is 40.0 Å². The number of anilines is 2. The van der Waals surface area contributed by atoms with Crippen LogP contribution in [0.5, 0.6) is 0 Å². The monoisotopic (exact) mass is 1090 g/mol. The highest BCUT2D eigenvalue weighted by Crippen LogP contribution is 2.32. The number of amides is 3. The van der Waals surface area contributed by atoms with Gasteiger partial charge in [0.25, 0.3) is 0 Å². The molecule has 3 amide bonds. The third-order valence-electron chi connectivity index (χ3n) is 12.0. The van der Waals surface area contributed by atoms with Crippen LogP contribution in [0.1, 0.15) is 88.0 Å². The lowest BCUT2D eigenvalue weighted by Gasteiger charge is -2.41. The average Bonchev–Trinajstić information content (AvgIpc) is 3.36. The molecule has 4 aromatic rings. The molecule has 0 radical (unpaired) electrons. The second-order valence-electron chi connectivity index (χ2n) is 20.0. The van der Waals surface area contributed by atoms with Gasteiger partial charge in [0.05, 0.1) is 55.5 Å². The van der Waals surface area contributed by atoms with E-state index in [0.717, 1.165) is 46.9 Å². The zero-order valence-electron chi connectivity index (χ0n) is 43.1. The van der Waals surface area contributed by atoms with Gasteiger partial charge in [-0.15, -0.1) is 0 Å². The largest absolute Gasteiger partial charge is 0.449 e. The Morgan fingerprint density at radius 1 is 0.640 bits per heavy atom. The predicted octanol–water partition coefficient (Wildman–Crippen LogP) is 8.84. The lowest BCUT2D eigenvalue weighted by molar-refractivity contribution is 0.0211. The summed E-state index contributed by atoms with van der Waals surface area (Å²) in [4.78, 5) is 74.8. The molecular weight excluding hydrogens is 1030 g/mol. The van der Waals surface area contributed by atoms with Gasteiger partial charge in [-0.1, -0.05) is 60.7 Å². The second-order valence-corrected chi connectivity index (χ2v) is 20.9. The first kappa shape index (κ1) is 57.6. The van der Waals surface area contributed by atoms with Gasteiger partial charge < -0.3 is 48.8 Å². The molecule has 400 valence electrons. The van der Waals surface area contributed by atoms with Gasteiger partial charge in [0.15, 0.2) is 0 Å². The zero-order chi connectivity index (χ0) is 54.3. The van der Waals surface area contributed by atoms with E-state index >= 15 is 0 Å². The molecule has 2 unspecified atom stereocenters. The van der Waals surface area contributed by atoms with Crippen molar-refractivity contribution in [2.75, 3.05) is 62.2 Å². The highest BCUT2D eigenvalue weighted by molar-refractivity contribution is 6.61. The molecule has 2 saturated heterocycles. The van der Waals surface area contributed by atoms with Gasteiger partial charge in [-0.2, -0.15) is 10.5 Å². The summed E-state index contributed by atoms with van der Waals surface area (Å²) < 4.78 is 21.1. The first-order chi connectivity index (χ1) is 35.7. The number of hydrogen-bond donors (Lipinski definition) is 1. The fraction of sp³-hybridized carbons (Fsp3) is 0.500. The predicted molar refractivity (Wildman–Crippen MR) is 281 cm³/mol. The Morgan fingerprint density at radius 2 is 1.12 bits per heavy atom. The molecule has 2 aromatic heterocycles. The number of hydrogen-bond acceptors (Lipinski definition) is 17. The molecule has 6 heterocycles. The van der Waals surface area contributed by atoms with Crippen LogP contribution in [0.3, 0.4) is 0 Å². The number of benzene rings is 2. The zero-order valence-corrected chi connectivity index (χ0v) is 45.3. The van der Waals surface area contributed by atoms with E-state index in [4.69, 9.17) is 54.3 Å². The van der Waals surface area contributed by atoms with E-state index in [2.05, 4.69) is 47.0 Å². The van der Waals surface area contributed by atoms with E-state index < -0.39 is 28.8 Å². The van der Waals surface area contributed by atoms with Crippen LogP contribution in [0.4, 0.5) is 30.8 Å². The minimum absolute atomic E-state index is 0.0846. The van der Waals surface area contributed by atoms with Crippen LogP contribution in [0, 0.1) is 22.7 Å². The van der Waals surface area contributed by atoms with Crippen LogP contribution in [-0.4, -0.2) is 134 Å². The average molecular weight is 1090 g/mol. The third kappa shape index (κ3) is 17.4. The van der Waals surface area contributed by atoms with Crippen molar-refractivity contribution in [2.24, 2.45) is 0 Å². The highest BCUT2D eigenvalue weighted by atomic mass is 35.5. The SMILES string of the molecule is CC(C)(C)OC(=O)N1CCc2c(nc(Cl)nc2N2CCN(C(=O)OCc3ccccc3)C(CC#N)C2)C1.CC(C)(C)OC(=O)N1CCc2c(nc(Cl)nc2N2CCNC(CC#N)C2)C1.O=C(Cl)OCc1ccccc1. The normalized spacial score (nSPS) is 17.2. The van der Waals surface area contributed by atoms with Crippen LogP contribution in [0.2, 0.25) is 10.6 Å². The molecule has 0 saturated carbocycles. The van der Waals surface area contributed by atoms with E-state index in [1.54, 1.807) is 14.7 Å². The van der Waals surface area contributed by atoms with E-state index in [1.807, 2.05) is 107 Å². The summed E-state index contributed by atoms with van der Waals surface area (Å²) in [6.45, 7) is 16.6. The molecule has 1 N–H and O–H groups in total. The number of aromatic nitrogens is 4. The van der Waals surface area contributed by atoms with Gasteiger partial charge in [-0.05, 0) is 88.7 Å². The number of nitrogens with one attached hydrogen (secondary N) is 1. The summed E-state index contributed by atoms with van der Waals surface area (Å²) >= 11 is 17.4. The summed E-state index contributed by atoms with van der Waals surface area (Å²) in [5.74, 6) is 1.50. The molecule has 2 fully saturated rings. The van der Waals surface area contributed by atoms with Crippen molar-refractivity contribution in [3.8, 4) is 12.1 Å². The molecule has 75 heavy (non-hydrogen) atoms. The lowest BCUT2D eigenvalue weighted by atomic mass is 10.0. The number of carbonyl (C=O) groups is 4. The highest BCUT2D eigenvalue weighted by Gasteiger charge is 2.36. The van der Waals surface area contributed by atoms with Gasteiger partial charge >= 0.3 is 23.7 Å². The van der Waals surface area contributed by atoms with Crippen molar-refractivity contribution >= 4 is 70.1 Å². The van der Waals surface area contributed by atoms with E-state index in [1.165, 1.54) is 0 Å². The first-order valence-corrected chi connectivity index (χ1v) is 25.7. The Morgan fingerprint density at radius 3 is 1.59 bits per heavy atom. The summed E-state index contributed by atoms with van der Waals surface area (Å²) in [6, 6.07) is 23.0. The van der Waals surface area contributed by atoms with Gasteiger partial charge in [0.2, 0.25) is 10.6 Å². The van der Waals surface area contributed by atoms with Gasteiger partial charge in [0, 0.05) is 81.1 Å². The van der Waals surface area contributed by atoms with Crippen molar-refractivity contribution < 1.29 is 38.1 Å². The van der Waals surface area contributed by atoms with Crippen molar-refractivity contribution in [2.45, 2.75) is 117 Å². The van der Waals surface area contributed by atoms with Crippen molar-refractivity contribution in [3.63, 3.8) is 0 Å². The maximum absolute atomic E-state index is 12.9. The number of carbonyl (C=O) groups excluding carboxylic acids is 4. The molecule has 0 spiro atoms. The Balaban J connectivity index is 0.000000209. The van der Waals surface area contributed by atoms with E-state index in [9.17, 15) is 24.4 Å². The quantitative estimate of drug-likeness (QED) is 0.0986. The smallest absolute Gasteiger partial charge is 0.410 e. The third-order valence-corrected chi connectivity index (χ3v) is 12.4. The second kappa shape index (κ2) is 26.7. The Hall–Kier alpha value is -6.71. The van der Waals surface area contributed by atoms with Crippen LogP contribution < -0.4 is 15.1 Å². The van der Waals surface area contributed by atoms with Gasteiger partial charge in [-0.3, -0.25) is 0 Å². The molecule has 2 aromatic carbocycles. The number of nitriles is 2. The first-order valence-electron chi connectivity index (χ1n) is 24.6. The summed E-state index contributed by atoms with van der Waals surface area (Å²) in [5, 5.41) is 22.0. The number of fused-ring (bicyclic) bond motifs is 2. The van der Waals surface area contributed by atoms with Crippen LogP contribution in [0.25, 0.3) is 0 Å². The topological polar surface area (TPSA) is 233 Å². The minimum atomic E-state index is -0.770. The van der Waals surface area contributed by atoms with Crippen LogP contribution in [-0.2, 0) is 58.1 Å². The molecule has 4 aliphatic heterocycles. The fourth-order valence-electron chi connectivity index (χ4n) is 8.60. The summed E-state index contributed by atoms with van der Waals surface area (Å²) in [5.41, 5.74) is 3.30. The Labute approximate surface area is 452 Å². The van der Waals surface area contributed by atoms with Gasteiger partial charge in [0.1, 0.15) is 36.1 Å². The van der Waals surface area contributed by atoms with Crippen LogP contribution >= 0.6 is 34.8 Å². The summed E-state index contributed by atoms with van der Waals surface area (Å²) in [7, 11) is 0. The standard InChI is InChI=1S/C26H31ClN6O4.C18H25ClN6O2.C8H7ClO2/c1-26(2,3)37-24(34)32-12-10-20-21(16-32)29-23(27)30-22(20)31-13-14-33(19(15-31)9-11-28)25(35)36-17-18-7-5-4-6-8-18;1-18(2,3)27-17(26)25-8-5-13-14(11-25)22-16(19)23-15(13)24-9-7-21-12(10-24)4-6-20;9-8(10)11-6-7-4-2-1-3-5-7/h4-8,19H,9-10,12-17H2,1-3H3;12,21H,4-5,7-11H2,1-3H3;1-5H,6H2. The molecule has 20 nitrogen and oxygen atoms in total. The lowest BCUT2D eigenvalue weighted by Crippen LogP contribution is -2.56. The molecule has 2 atom stereocenters. The van der Waals surface area contributed by atoms with Crippen molar-refractivity contribution in [3.05, 3.63) is 105 Å². The fourth-order valence-corrected chi connectivity index (χ4v) is 9.02. The molecule has 4 aliphatic rings. The molecule has 8 rings (SSSR count). The molecule has 0 bridgehead atoms.